The fourth-order valence-corrected chi connectivity index (χ4v) is 7.06. The molecule has 132 valence electrons. The molecule has 0 bridgehead atoms. The van der Waals surface area contributed by atoms with Crippen molar-refractivity contribution < 1.29 is 14.7 Å². The average Bonchev–Trinajstić information content (AvgIpc) is 2.85. The first-order valence-corrected chi connectivity index (χ1v) is 9.75. The first kappa shape index (κ1) is 16.5. The van der Waals surface area contributed by atoms with Gasteiger partial charge in [0.05, 0.1) is 6.61 Å². The minimum Gasteiger partial charge on any atom is -0.392 e. The van der Waals surface area contributed by atoms with Crippen LogP contribution in [0, 0.1) is 34.5 Å². The van der Waals surface area contributed by atoms with Crippen molar-refractivity contribution in [2.24, 2.45) is 34.5 Å². The second-order valence-corrected chi connectivity index (χ2v) is 9.26. The molecule has 6 atom stereocenters. The van der Waals surface area contributed by atoms with Crippen LogP contribution in [0.3, 0.4) is 0 Å². The SMILES string of the molecule is C[C@]12CCC(=O)CC1C(=CCO)C[C@@H]1[C@@H]2CC[C@]2(C)C(=O)CC[C@@H]12. The van der Waals surface area contributed by atoms with Gasteiger partial charge in [0.25, 0.3) is 0 Å². The zero-order valence-electron chi connectivity index (χ0n) is 15.0. The minimum absolute atomic E-state index is 0.0638. The Morgan fingerprint density at radius 1 is 1.08 bits per heavy atom. The molecule has 0 saturated heterocycles. The van der Waals surface area contributed by atoms with Crippen LogP contribution in [0.15, 0.2) is 11.6 Å². The number of Topliss-reactive ketones (excluding diaryl/α,β-unsaturated/α-hetero) is 2. The lowest BCUT2D eigenvalue weighted by Gasteiger charge is -2.60. The van der Waals surface area contributed by atoms with Gasteiger partial charge in [-0.1, -0.05) is 25.5 Å². The molecular weight excluding hydrogens is 300 g/mol. The average molecular weight is 330 g/mol. The lowest BCUT2D eigenvalue weighted by molar-refractivity contribution is -0.138. The third-order valence-electron chi connectivity index (χ3n) is 8.44. The molecule has 4 aliphatic rings. The molecule has 0 radical (unpaired) electrons. The molecule has 4 rings (SSSR count). The molecule has 0 heterocycles. The highest BCUT2D eigenvalue weighted by molar-refractivity contribution is 5.87. The highest BCUT2D eigenvalue weighted by atomic mass is 16.2. The van der Waals surface area contributed by atoms with Gasteiger partial charge >= 0.3 is 0 Å². The van der Waals surface area contributed by atoms with Crippen molar-refractivity contribution in [2.45, 2.75) is 65.2 Å². The Hall–Kier alpha value is -0.960. The van der Waals surface area contributed by atoms with E-state index >= 15 is 0 Å². The van der Waals surface area contributed by atoms with Crippen molar-refractivity contribution in [2.75, 3.05) is 6.61 Å². The molecular formula is C21H30O3. The van der Waals surface area contributed by atoms with Crippen molar-refractivity contribution in [3.8, 4) is 0 Å². The first-order chi connectivity index (χ1) is 11.4. The van der Waals surface area contributed by atoms with Crippen LogP contribution in [-0.4, -0.2) is 23.3 Å². The summed E-state index contributed by atoms with van der Waals surface area (Å²) in [6, 6.07) is 0. The molecule has 3 heteroatoms. The molecule has 0 aromatic heterocycles. The van der Waals surface area contributed by atoms with Crippen LogP contribution in [0.25, 0.3) is 0 Å². The fourth-order valence-electron chi connectivity index (χ4n) is 7.06. The van der Waals surface area contributed by atoms with Gasteiger partial charge < -0.3 is 5.11 Å². The van der Waals surface area contributed by atoms with Gasteiger partial charge in [0.1, 0.15) is 11.6 Å². The summed E-state index contributed by atoms with van der Waals surface area (Å²) >= 11 is 0. The third-order valence-corrected chi connectivity index (χ3v) is 8.44. The number of hydrogen-bond donors (Lipinski definition) is 1. The number of ketones is 2. The van der Waals surface area contributed by atoms with Gasteiger partial charge in [-0.25, -0.2) is 0 Å². The second kappa shape index (κ2) is 5.52. The number of carbonyl (C=O) groups is 2. The van der Waals surface area contributed by atoms with E-state index in [0.717, 1.165) is 38.5 Å². The van der Waals surface area contributed by atoms with E-state index in [1.807, 2.05) is 6.08 Å². The van der Waals surface area contributed by atoms with Crippen molar-refractivity contribution in [1.29, 1.82) is 0 Å². The summed E-state index contributed by atoms with van der Waals surface area (Å²) in [5.74, 6) is 2.87. The Morgan fingerprint density at radius 2 is 1.88 bits per heavy atom. The predicted octanol–water partition coefficient (Wildman–Crippen LogP) is 3.70. The van der Waals surface area contributed by atoms with Gasteiger partial charge in [-0.3, -0.25) is 9.59 Å². The van der Waals surface area contributed by atoms with E-state index in [0.29, 0.717) is 48.1 Å². The maximum Gasteiger partial charge on any atom is 0.139 e. The predicted molar refractivity (Wildman–Crippen MR) is 92.3 cm³/mol. The summed E-state index contributed by atoms with van der Waals surface area (Å²) < 4.78 is 0. The van der Waals surface area contributed by atoms with Crippen LogP contribution in [0.2, 0.25) is 0 Å². The summed E-state index contributed by atoms with van der Waals surface area (Å²) in [5.41, 5.74) is 1.36. The molecule has 0 spiro atoms. The molecule has 4 aliphatic carbocycles. The molecule has 0 aromatic rings. The zero-order valence-corrected chi connectivity index (χ0v) is 15.0. The standard InChI is InChI=1S/C21H30O3/c1-20-8-5-14(23)12-18(20)13(7-10-22)11-15-16-3-4-19(24)21(16,2)9-6-17(15)20/h7,15-18,22H,3-6,8-12H2,1-2H3/t15-,16-,17-,18?,20+,21-/m0/s1. The highest BCUT2D eigenvalue weighted by Gasteiger charge is 2.61. The highest BCUT2D eigenvalue weighted by Crippen LogP contribution is 2.66. The van der Waals surface area contributed by atoms with E-state index in [2.05, 4.69) is 13.8 Å². The number of fused-ring (bicyclic) bond motifs is 5. The Balaban J connectivity index is 1.74. The van der Waals surface area contributed by atoms with Gasteiger partial charge in [-0.05, 0) is 61.2 Å². The third kappa shape index (κ3) is 2.13. The fraction of sp³-hybridized carbons (Fsp3) is 0.810. The minimum atomic E-state index is -0.112. The topological polar surface area (TPSA) is 54.4 Å². The lowest BCUT2D eigenvalue weighted by atomic mass is 9.44. The van der Waals surface area contributed by atoms with Crippen LogP contribution >= 0.6 is 0 Å². The Kier molecular flexibility index (Phi) is 3.80. The maximum atomic E-state index is 12.5. The number of aliphatic hydroxyl groups excluding tert-OH is 1. The molecule has 0 aromatic carbocycles. The van der Waals surface area contributed by atoms with Gasteiger partial charge in [0, 0.05) is 24.7 Å². The van der Waals surface area contributed by atoms with Crippen molar-refractivity contribution in [3.63, 3.8) is 0 Å². The Morgan fingerprint density at radius 3 is 2.62 bits per heavy atom. The Labute approximate surface area is 144 Å². The Bertz CT molecular complexity index is 606. The van der Waals surface area contributed by atoms with Crippen LogP contribution in [-0.2, 0) is 9.59 Å². The summed E-state index contributed by atoms with van der Waals surface area (Å²) in [6.45, 7) is 4.66. The van der Waals surface area contributed by atoms with Crippen molar-refractivity contribution in [3.05, 3.63) is 11.6 Å². The van der Waals surface area contributed by atoms with E-state index in [-0.39, 0.29) is 17.4 Å². The smallest absolute Gasteiger partial charge is 0.139 e. The van der Waals surface area contributed by atoms with E-state index < -0.39 is 0 Å². The quantitative estimate of drug-likeness (QED) is 0.746. The molecule has 0 amide bonds. The summed E-state index contributed by atoms with van der Waals surface area (Å²) in [5, 5.41) is 9.52. The van der Waals surface area contributed by atoms with Crippen LogP contribution in [0.5, 0.6) is 0 Å². The number of carbonyl (C=O) groups excluding carboxylic acids is 2. The number of hydrogen-bond acceptors (Lipinski definition) is 3. The molecule has 3 nitrogen and oxygen atoms in total. The number of rotatable bonds is 1. The summed E-state index contributed by atoms with van der Waals surface area (Å²) in [4.78, 5) is 24.6. The van der Waals surface area contributed by atoms with E-state index in [1.165, 1.54) is 5.57 Å². The van der Waals surface area contributed by atoms with Crippen LogP contribution < -0.4 is 0 Å². The van der Waals surface area contributed by atoms with E-state index in [1.54, 1.807) is 0 Å². The number of allylic oxidation sites excluding steroid dienone is 1. The molecule has 4 saturated carbocycles. The molecule has 4 fully saturated rings. The van der Waals surface area contributed by atoms with E-state index in [9.17, 15) is 14.7 Å². The van der Waals surface area contributed by atoms with E-state index in [4.69, 9.17) is 0 Å². The molecule has 1 N–H and O–H groups in total. The lowest BCUT2D eigenvalue weighted by Crippen LogP contribution is -2.54. The zero-order chi connectivity index (χ0) is 17.1. The van der Waals surface area contributed by atoms with Crippen LogP contribution in [0.1, 0.15) is 65.2 Å². The maximum absolute atomic E-state index is 12.5. The van der Waals surface area contributed by atoms with Gasteiger partial charge in [0.15, 0.2) is 0 Å². The second-order valence-electron chi connectivity index (χ2n) is 9.26. The van der Waals surface area contributed by atoms with Gasteiger partial charge in [-0.2, -0.15) is 0 Å². The summed E-state index contributed by atoms with van der Waals surface area (Å²) in [7, 11) is 0. The van der Waals surface area contributed by atoms with Crippen molar-refractivity contribution >= 4 is 11.6 Å². The van der Waals surface area contributed by atoms with Crippen LogP contribution in [0.4, 0.5) is 0 Å². The molecule has 0 aliphatic heterocycles. The molecule has 24 heavy (non-hydrogen) atoms. The summed E-state index contributed by atoms with van der Waals surface area (Å²) in [6.07, 6.45) is 9.29. The molecule has 1 unspecified atom stereocenters. The first-order valence-electron chi connectivity index (χ1n) is 9.75. The normalized spacial score (nSPS) is 49.7. The van der Waals surface area contributed by atoms with Gasteiger partial charge in [-0.15, -0.1) is 0 Å². The monoisotopic (exact) mass is 330 g/mol. The largest absolute Gasteiger partial charge is 0.392 e. The van der Waals surface area contributed by atoms with Gasteiger partial charge in [0.2, 0.25) is 0 Å². The number of aliphatic hydroxyl groups is 1. The van der Waals surface area contributed by atoms with Crippen molar-refractivity contribution in [1.82, 2.24) is 0 Å².